The van der Waals surface area contributed by atoms with E-state index >= 15 is 0 Å². The van der Waals surface area contributed by atoms with E-state index in [0.717, 1.165) is 6.42 Å². The van der Waals surface area contributed by atoms with Gasteiger partial charge in [-0.15, -0.1) is 0 Å². The molecule has 1 aromatic heterocycles. The Balaban J connectivity index is 0.000000809. The summed E-state index contributed by atoms with van der Waals surface area (Å²) in [6, 6.07) is 8.08. The first-order chi connectivity index (χ1) is 16.8. The highest BCUT2D eigenvalue weighted by Gasteiger charge is 2.38. The third-order valence-corrected chi connectivity index (χ3v) is 4.45. The lowest BCUT2D eigenvalue weighted by Crippen LogP contribution is -2.37. The fourth-order valence-electron chi connectivity index (χ4n) is 2.66. The number of carboxylic acid groups (broad SMARTS) is 1. The van der Waals surface area contributed by atoms with Crippen LogP contribution in [-0.2, 0) is 27.4 Å². The van der Waals surface area contributed by atoms with Crippen molar-refractivity contribution in [3.8, 4) is 0 Å². The molecule has 0 radical (unpaired) electrons. The third-order valence-electron chi connectivity index (χ3n) is 4.45. The molecule has 198 valence electrons. The van der Waals surface area contributed by atoms with Crippen molar-refractivity contribution in [2.75, 3.05) is 25.0 Å². The Kier molecular flexibility index (Phi) is 11.9. The van der Waals surface area contributed by atoms with Gasteiger partial charge < -0.3 is 21.5 Å². The molecule has 2 rings (SSSR count). The van der Waals surface area contributed by atoms with Gasteiger partial charge in [0.2, 0.25) is 11.9 Å². The minimum absolute atomic E-state index is 0.125. The van der Waals surface area contributed by atoms with E-state index in [1.54, 1.807) is 13.1 Å². The molecule has 0 aliphatic rings. The smallest absolute Gasteiger partial charge is 0.475 e. The number of carbonyl (C=O) groups excluding carboxylic acids is 1. The molecule has 1 heterocycles. The summed E-state index contributed by atoms with van der Waals surface area (Å²) in [5, 5.41) is 19.8. The molecule has 7 N–H and O–H groups in total. The SMILES string of the molecule is Cc1ccccc1CCNc1ncc(C)n(CC(=O)NCCONC(=N)N)c1=O.O=C(O)C(F)(F)F. The minimum Gasteiger partial charge on any atom is -0.475 e. The van der Waals surface area contributed by atoms with Gasteiger partial charge in [-0.3, -0.25) is 24.4 Å². The van der Waals surface area contributed by atoms with Crippen LogP contribution >= 0.6 is 0 Å². The zero-order chi connectivity index (χ0) is 27.3. The van der Waals surface area contributed by atoms with Crippen molar-refractivity contribution in [1.29, 1.82) is 5.41 Å². The summed E-state index contributed by atoms with van der Waals surface area (Å²) in [5.74, 6) is -3.20. The predicted octanol–water partition coefficient (Wildman–Crippen LogP) is 0.679. The molecule has 0 fully saturated rings. The van der Waals surface area contributed by atoms with E-state index < -0.39 is 12.1 Å². The average Bonchev–Trinajstić information content (AvgIpc) is 2.78. The Morgan fingerprint density at radius 2 is 1.86 bits per heavy atom. The number of nitrogens with zero attached hydrogens (tertiary/aromatic N) is 2. The van der Waals surface area contributed by atoms with Crippen molar-refractivity contribution in [3.05, 3.63) is 57.6 Å². The van der Waals surface area contributed by atoms with Gasteiger partial charge >= 0.3 is 12.1 Å². The van der Waals surface area contributed by atoms with E-state index in [-0.39, 0.29) is 42.9 Å². The van der Waals surface area contributed by atoms with Gasteiger partial charge in [0, 0.05) is 25.0 Å². The van der Waals surface area contributed by atoms with E-state index in [1.807, 2.05) is 25.1 Å². The van der Waals surface area contributed by atoms with Gasteiger partial charge in [-0.1, -0.05) is 24.3 Å². The summed E-state index contributed by atoms with van der Waals surface area (Å²) in [5.41, 5.74) is 9.87. The molecule has 0 bridgehead atoms. The lowest BCUT2D eigenvalue weighted by molar-refractivity contribution is -0.192. The molecule has 36 heavy (non-hydrogen) atoms. The minimum atomic E-state index is -5.08. The van der Waals surface area contributed by atoms with Crippen molar-refractivity contribution in [2.24, 2.45) is 5.73 Å². The van der Waals surface area contributed by atoms with Gasteiger partial charge in [-0.25, -0.2) is 15.3 Å². The Labute approximate surface area is 204 Å². The normalized spacial score (nSPS) is 10.6. The van der Waals surface area contributed by atoms with Crippen molar-refractivity contribution in [1.82, 2.24) is 20.3 Å². The number of aryl methyl sites for hydroxylation is 2. The number of amides is 1. The summed E-state index contributed by atoms with van der Waals surface area (Å²) in [6.07, 6.45) is -2.76. The fraction of sp³-hybridized carbons (Fsp3) is 0.381. The number of carbonyl (C=O) groups is 2. The van der Waals surface area contributed by atoms with Crippen LogP contribution in [0.25, 0.3) is 0 Å². The van der Waals surface area contributed by atoms with E-state index in [4.69, 9.17) is 25.9 Å². The van der Waals surface area contributed by atoms with Crippen LogP contribution in [-0.4, -0.2) is 58.4 Å². The maximum absolute atomic E-state index is 12.7. The van der Waals surface area contributed by atoms with Crippen LogP contribution in [0.2, 0.25) is 0 Å². The number of aliphatic carboxylic acids is 1. The quantitative estimate of drug-likeness (QED) is 0.115. The highest BCUT2D eigenvalue weighted by atomic mass is 19.4. The lowest BCUT2D eigenvalue weighted by atomic mass is 10.1. The van der Waals surface area contributed by atoms with Gasteiger partial charge in [-0.2, -0.15) is 13.2 Å². The summed E-state index contributed by atoms with van der Waals surface area (Å²) in [6.45, 7) is 4.54. The molecule has 0 saturated carbocycles. The number of carboxylic acids is 1. The largest absolute Gasteiger partial charge is 0.490 e. The zero-order valence-corrected chi connectivity index (χ0v) is 19.6. The molecular formula is C21H28F3N7O5. The number of nitrogens with two attached hydrogens (primary N) is 1. The number of guanidine groups is 1. The maximum Gasteiger partial charge on any atom is 0.490 e. The number of anilines is 1. The summed E-state index contributed by atoms with van der Waals surface area (Å²) < 4.78 is 33.1. The number of nitrogens with one attached hydrogen (secondary N) is 4. The molecule has 0 unspecified atom stereocenters. The van der Waals surface area contributed by atoms with E-state index in [0.29, 0.717) is 12.2 Å². The summed E-state index contributed by atoms with van der Waals surface area (Å²) in [4.78, 5) is 42.7. The Hall–Kier alpha value is -4.14. The first kappa shape index (κ1) is 29.9. The number of hydrogen-bond acceptors (Lipinski definition) is 7. The molecule has 1 aromatic carbocycles. The van der Waals surface area contributed by atoms with Crippen LogP contribution < -0.4 is 27.4 Å². The molecule has 2 aromatic rings. The second-order valence-electron chi connectivity index (χ2n) is 7.26. The van der Waals surface area contributed by atoms with Crippen molar-refractivity contribution >= 4 is 23.7 Å². The average molecular weight is 515 g/mol. The highest BCUT2D eigenvalue weighted by molar-refractivity contribution is 5.76. The van der Waals surface area contributed by atoms with Crippen molar-refractivity contribution < 1.29 is 32.7 Å². The Morgan fingerprint density at radius 1 is 1.22 bits per heavy atom. The van der Waals surface area contributed by atoms with Gasteiger partial charge in [0.1, 0.15) is 6.54 Å². The number of benzene rings is 1. The molecule has 0 aliphatic carbocycles. The number of hydrogen-bond donors (Lipinski definition) is 6. The number of rotatable bonds is 10. The maximum atomic E-state index is 12.7. The molecule has 12 nitrogen and oxygen atoms in total. The number of hydroxylamine groups is 1. The molecular weight excluding hydrogens is 487 g/mol. The van der Waals surface area contributed by atoms with Crippen LogP contribution in [0.5, 0.6) is 0 Å². The van der Waals surface area contributed by atoms with Gasteiger partial charge in [0.25, 0.3) is 5.56 Å². The third kappa shape index (κ3) is 10.9. The molecule has 0 aliphatic heterocycles. The zero-order valence-electron chi connectivity index (χ0n) is 19.6. The number of alkyl halides is 3. The van der Waals surface area contributed by atoms with E-state index in [1.165, 1.54) is 15.7 Å². The summed E-state index contributed by atoms with van der Waals surface area (Å²) >= 11 is 0. The molecule has 15 heteroatoms. The second kappa shape index (κ2) is 14.3. The van der Waals surface area contributed by atoms with Crippen molar-refractivity contribution in [3.63, 3.8) is 0 Å². The van der Waals surface area contributed by atoms with Crippen LogP contribution in [0.3, 0.4) is 0 Å². The number of aromatic nitrogens is 2. The topological polar surface area (TPSA) is 184 Å². The Morgan fingerprint density at radius 3 is 2.44 bits per heavy atom. The summed E-state index contributed by atoms with van der Waals surface area (Å²) in [7, 11) is 0. The standard InChI is InChI=1S/C19H27N7O3.C2HF3O2/c1-13-5-3-4-6-15(13)7-8-23-17-18(28)26(14(2)11-24-17)12-16(27)22-9-10-29-25-19(20)21;3-2(4,5)1(6)7/h3-6,11H,7-10,12H2,1-2H3,(H,22,27)(H,23,24)(H4,20,21,25);(H,6,7). The second-order valence-corrected chi connectivity index (χ2v) is 7.26. The van der Waals surface area contributed by atoms with Crippen LogP contribution in [0, 0.1) is 19.3 Å². The molecule has 0 atom stereocenters. The van der Waals surface area contributed by atoms with E-state index in [2.05, 4.69) is 27.2 Å². The fourth-order valence-corrected chi connectivity index (χ4v) is 2.66. The monoisotopic (exact) mass is 515 g/mol. The molecule has 0 spiro atoms. The Bertz CT molecular complexity index is 1110. The van der Waals surface area contributed by atoms with E-state index in [9.17, 15) is 22.8 Å². The first-order valence-corrected chi connectivity index (χ1v) is 10.5. The van der Waals surface area contributed by atoms with Crippen molar-refractivity contribution in [2.45, 2.75) is 33.0 Å². The lowest BCUT2D eigenvalue weighted by Gasteiger charge is -2.13. The predicted molar refractivity (Wildman–Crippen MR) is 124 cm³/mol. The first-order valence-electron chi connectivity index (χ1n) is 10.5. The van der Waals surface area contributed by atoms with Crippen LogP contribution in [0.15, 0.2) is 35.3 Å². The molecule has 0 saturated heterocycles. The van der Waals surface area contributed by atoms with Crippen LogP contribution in [0.1, 0.15) is 16.8 Å². The molecule has 1 amide bonds. The highest BCUT2D eigenvalue weighted by Crippen LogP contribution is 2.13. The number of halogens is 3. The van der Waals surface area contributed by atoms with Gasteiger partial charge in [0.05, 0.1) is 6.61 Å². The van der Waals surface area contributed by atoms with Gasteiger partial charge in [0.15, 0.2) is 5.82 Å². The van der Waals surface area contributed by atoms with Crippen LogP contribution in [0.4, 0.5) is 19.0 Å². The van der Waals surface area contributed by atoms with Gasteiger partial charge in [-0.05, 0) is 31.4 Å².